The van der Waals surface area contributed by atoms with Crippen LogP contribution in [-0.2, 0) is 55.4 Å². The Balaban J connectivity index is 0.00000122. The minimum Gasteiger partial charge on any atom is -0.748 e. The molecule has 0 bridgehead atoms. The number of para-hydroxylation sites is 1. The molecule has 2 rings (SSSR count). The summed E-state index contributed by atoms with van der Waals surface area (Å²) < 4.78 is 119. The largest absolute Gasteiger partial charge is 2.00 e. The number of benzene rings is 2. The first-order valence-electron chi connectivity index (χ1n) is 11.7. The zero-order valence-electron chi connectivity index (χ0n) is 23.8. The monoisotopic (exact) mass is 786 g/mol. The molecule has 1 atom stereocenters. The van der Waals surface area contributed by atoms with Gasteiger partial charge in [0.2, 0.25) is 0 Å². The van der Waals surface area contributed by atoms with E-state index in [9.17, 15) is 44.7 Å². The number of aryl methyl sites for hydroxylation is 1. The molecule has 2 aromatic carbocycles. The van der Waals surface area contributed by atoms with E-state index in [0.29, 0.717) is 17.5 Å². The van der Waals surface area contributed by atoms with Crippen LogP contribution in [0.15, 0.2) is 36.4 Å². The number of rotatable bonds is 16. The SMILES string of the molecule is COc1cc(CCCS(=O)(=O)[O-])ccc1OC(Cc1cccc(OC)c1O)CS(=O)(=O)[O-].O=P(O)(O)OP(=O)(O)OP(=O)(O)O.[Ca+2]. The molecular formula is C20H29CaO20P3S2. The summed E-state index contributed by atoms with van der Waals surface area (Å²) in [5.41, 5.74) is 1.00. The number of phenolic OH excluding ortho intramolecular Hbond substituents is 1. The molecule has 1 unspecified atom stereocenters. The number of ether oxygens (including phenoxy) is 3. The third kappa shape index (κ3) is 19.8. The average molecular weight is 787 g/mol. The zero-order valence-corrected chi connectivity index (χ0v) is 30.4. The van der Waals surface area contributed by atoms with Crippen LogP contribution >= 0.6 is 23.5 Å². The van der Waals surface area contributed by atoms with Crippen LogP contribution in [0.5, 0.6) is 23.0 Å². The topological polar surface area (TPSA) is 333 Å². The Bertz CT molecular complexity index is 1630. The van der Waals surface area contributed by atoms with Gasteiger partial charge in [-0.25, -0.2) is 30.5 Å². The van der Waals surface area contributed by atoms with Crippen molar-refractivity contribution in [1.29, 1.82) is 0 Å². The summed E-state index contributed by atoms with van der Waals surface area (Å²) in [4.78, 5) is 40.2. The average Bonchev–Trinajstić information content (AvgIpc) is 2.81. The van der Waals surface area contributed by atoms with Gasteiger partial charge in [-0.3, -0.25) is 0 Å². The molecule has 0 saturated carbocycles. The van der Waals surface area contributed by atoms with Crippen molar-refractivity contribution in [2.75, 3.05) is 25.7 Å². The summed E-state index contributed by atoms with van der Waals surface area (Å²) in [6, 6.07) is 9.36. The molecule has 0 radical (unpaired) electrons. The summed E-state index contributed by atoms with van der Waals surface area (Å²) >= 11 is 0. The van der Waals surface area contributed by atoms with Crippen LogP contribution in [0.1, 0.15) is 17.5 Å². The molecule has 0 aliphatic rings. The van der Waals surface area contributed by atoms with Crippen LogP contribution < -0.4 is 14.2 Å². The third-order valence-electron chi connectivity index (χ3n) is 4.94. The number of phosphoric acid groups is 3. The smallest absolute Gasteiger partial charge is 0.748 e. The number of hydrogen-bond acceptors (Lipinski definition) is 15. The van der Waals surface area contributed by atoms with E-state index in [-0.39, 0.29) is 73.6 Å². The number of aromatic hydroxyl groups is 1. The zero-order chi connectivity index (χ0) is 34.9. The summed E-state index contributed by atoms with van der Waals surface area (Å²) in [5.74, 6) is -0.966. The van der Waals surface area contributed by atoms with E-state index >= 15 is 0 Å². The summed E-state index contributed by atoms with van der Waals surface area (Å²) in [6.45, 7) is 0. The molecule has 0 spiro atoms. The Morgan fingerprint density at radius 1 is 0.804 bits per heavy atom. The quantitative estimate of drug-likeness (QED) is 0.0759. The van der Waals surface area contributed by atoms with Crippen molar-refractivity contribution in [2.45, 2.75) is 25.4 Å². The summed E-state index contributed by atoms with van der Waals surface area (Å²) in [5, 5.41) is 10.3. The Hall–Kier alpha value is -0.870. The number of hydrogen-bond donors (Lipinski definition) is 6. The molecule has 26 heteroatoms. The van der Waals surface area contributed by atoms with Gasteiger partial charge in [0.05, 0.1) is 40.2 Å². The second-order valence-electron chi connectivity index (χ2n) is 8.60. The molecule has 0 aliphatic heterocycles. The standard InChI is InChI=1S/C20H26O10S2.Ca.H5O10P3/c1-28-18-7-3-6-15(20(18)21)12-16(13-32(25,26)27)30-17-9-8-14(11-19(17)29-2)5-4-10-31(22,23)24;;1-11(2,3)9-13(7,8)10-12(4,5)6/h3,6-9,11,16,21H,4-5,10,12-13H2,1-2H3,(H,22,23,24)(H,25,26,27);;(H,7,8)(H2,1,2,3)(H2,4,5,6)/q;+2;/p-2. The summed E-state index contributed by atoms with van der Waals surface area (Å²) in [6.07, 6.45) is -0.812. The van der Waals surface area contributed by atoms with Crippen molar-refractivity contribution in [3.05, 3.63) is 47.5 Å². The molecule has 0 amide bonds. The normalized spacial score (nSPS) is 13.1. The van der Waals surface area contributed by atoms with E-state index in [4.69, 9.17) is 38.7 Å². The minimum absolute atomic E-state index is 0. The van der Waals surface area contributed by atoms with Crippen LogP contribution in [0.4, 0.5) is 0 Å². The molecule has 2 aromatic rings. The van der Waals surface area contributed by atoms with Gasteiger partial charge in [-0.2, -0.15) is 8.62 Å². The molecule has 258 valence electrons. The molecule has 20 nitrogen and oxygen atoms in total. The van der Waals surface area contributed by atoms with Gasteiger partial charge in [0, 0.05) is 17.7 Å². The third-order valence-corrected chi connectivity index (χ3v) is 9.86. The second kappa shape index (κ2) is 18.8. The van der Waals surface area contributed by atoms with E-state index in [0.717, 1.165) is 0 Å². The Morgan fingerprint density at radius 3 is 1.80 bits per heavy atom. The number of methoxy groups -OCH3 is 2. The van der Waals surface area contributed by atoms with Crippen LogP contribution in [0.3, 0.4) is 0 Å². The van der Waals surface area contributed by atoms with E-state index in [1.807, 2.05) is 0 Å². The fourth-order valence-electron chi connectivity index (χ4n) is 3.39. The van der Waals surface area contributed by atoms with Gasteiger partial charge in [-0.15, -0.1) is 0 Å². The first-order valence-corrected chi connectivity index (χ1v) is 19.5. The van der Waals surface area contributed by atoms with Crippen molar-refractivity contribution in [2.24, 2.45) is 0 Å². The van der Waals surface area contributed by atoms with Crippen molar-refractivity contribution >= 4 is 81.4 Å². The van der Waals surface area contributed by atoms with Gasteiger partial charge in [-0.05, 0) is 36.6 Å². The second-order valence-corrected chi connectivity index (χ2v) is 15.8. The number of phenols is 1. The molecule has 0 heterocycles. The first-order chi connectivity index (χ1) is 20.3. The van der Waals surface area contributed by atoms with Gasteiger partial charge in [-0.1, -0.05) is 18.2 Å². The van der Waals surface area contributed by atoms with Gasteiger partial charge in [0.25, 0.3) is 0 Å². The molecule has 0 fully saturated rings. The molecule has 46 heavy (non-hydrogen) atoms. The minimum atomic E-state index is -5.46. The van der Waals surface area contributed by atoms with Crippen LogP contribution in [0.25, 0.3) is 0 Å². The van der Waals surface area contributed by atoms with Gasteiger partial charge >= 0.3 is 61.2 Å². The van der Waals surface area contributed by atoms with E-state index in [1.54, 1.807) is 24.3 Å². The maximum atomic E-state index is 11.4. The van der Waals surface area contributed by atoms with Crippen LogP contribution in [0, 0.1) is 0 Å². The van der Waals surface area contributed by atoms with Crippen molar-refractivity contribution in [3.63, 3.8) is 0 Å². The molecule has 0 aliphatic carbocycles. The van der Waals surface area contributed by atoms with Crippen molar-refractivity contribution in [1.82, 2.24) is 0 Å². The predicted octanol–water partition coefficient (Wildman–Crippen LogP) is 0.347. The van der Waals surface area contributed by atoms with E-state index in [1.165, 1.54) is 26.4 Å². The van der Waals surface area contributed by atoms with E-state index < -0.39 is 61.3 Å². The molecule has 0 saturated heterocycles. The van der Waals surface area contributed by atoms with Gasteiger partial charge in [0.15, 0.2) is 23.0 Å². The fraction of sp³-hybridized carbons (Fsp3) is 0.400. The molecule has 0 aromatic heterocycles. The predicted molar refractivity (Wildman–Crippen MR) is 155 cm³/mol. The van der Waals surface area contributed by atoms with Gasteiger partial charge < -0.3 is 52.9 Å². The van der Waals surface area contributed by atoms with Crippen LogP contribution in [-0.4, -0.2) is 125 Å². The van der Waals surface area contributed by atoms with Crippen molar-refractivity contribution in [3.8, 4) is 23.0 Å². The maximum absolute atomic E-state index is 11.4. The molecule has 6 N–H and O–H groups in total. The Labute approximate surface area is 293 Å². The van der Waals surface area contributed by atoms with Crippen LogP contribution in [0.2, 0.25) is 0 Å². The summed E-state index contributed by atoms with van der Waals surface area (Å²) in [7, 11) is -22.4. The van der Waals surface area contributed by atoms with E-state index in [2.05, 4.69) is 8.62 Å². The van der Waals surface area contributed by atoms with Crippen molar-refractivity contribution < 1.29 is 92.0 Å². The van der Waals surface area contributed by atoms with Gasteiger partial charge in [0.1, 0.15) is 6.10 Å². The Morgan fingerprint density at radius 2 is 1.35 bits per heavy atom. The molecular weight excluding hydrogens is 757 g/mol. The maximum Gasteiger partial charge on any atom is 2.00 e. The first kappa shape index (κ1) is 45.1. The Kier molecular flexibility index (Phi) is 18.4. The fourth-order valence-corrected chi connectivity index (χ4v) is 7.06.